The van der Waals surface area contributed by atoms with Crippen LogP contribution in [0.25, 0.3) is 100 Å². The number of hydrogen-bond donors (Lipinski definition) is 0. The summed E-state index contributed by atoms with van der Waals surface area (Å²) in [5.41, 5.74) is 12.5. The Labute approximate surface area is 352 Å². The van der Waals surface area contributed by atoms with Crippen LogP contribution in [0.3, 0.4) is 0 Å². The van der Waals surface area contributed by atoms with Gasteiger partial charge < -0.3 is 4.57 Å². The van der Waals surface area contributed by atoms with Gasteiger partial charge in [-0.15, -0.1) is 0 Å². The molecule has 270 valence electrons. The molecule has 0 N–H and O–H groups in total. The molecule has 60 heavy (non-hydrogen) atoms. The van der Waals surface area contributed by atoms with Gasteiger partial charge in [-0.25, -0.2) is 4.98 Å². The van der Waals surface area contributed by atoms with Crippen LogP contribution in [0.5, 0.6) is 0 Å². The molecule has 0 spiro atoms. The quantitative estimate of drug-likeness (QED) is 0.162. The van der Waals surface area contributed by atoms with E-state index in [0.717, 1.165) is 82.7 Å². The van der Waals surface area contributed by atoms with E-state index in [1.54, 1.807) is 6.07 Å². The molecule has 0 aliphatic rings. The monoisotopic (exact) mass is 755 g/mol. The summed E-state index contributed by atoms with van der Waals surface area (Å²) in [4.78, 5) is 15.7. The summed E-state index contributed by atoms with van der Waals surface area (Å²) in [6.45, 7) is 0. The predicted molar refractivity (Wildman–Crippen MR) is 252 cm³/mol. The van der Waals surface area contributed by atoms with Gasteiger partial charge >= 0.3 is 0 Å². The molecule has 0 saturated heterocycles. The van der Waals surface area contributed by atoms with Gasteiger partial charge in [-0.3, -0.25) is 4.57 Å². The normalized spacial score (nSPS) is 11.6. The second-order valence-electron chi connectivity index (χ2n) is 15.1. The number of para-hydroxylation sites is 1. The van der Waals surface area contributed by atoms with Crippen molar-refractivity contribution in [3.05, 3.63) is 176 Å². The number of nitrogens with zero attached hydrogens (tertiary/aromatic N) is 5. The van der Waals surface area contributed by atoms with E-state index < -0.39 is 0 Å². The molecule has 9 heteroatoms. The van der Waals surface area contributed by atoms with Gasteiger partial charge in [0.1, 0.15) is 31.4 Å². The van der Waals surface area contributed by atoms with Gasteiger partial charge in [-0.1, -0.05) is 161 Å². The Balaban J connectivity index is 1.23. The SMILES string of the molecule is [B]c1cc([B])c2c(c1)c1cc3c(cc1n2-c1ccccc1)c1cc([B])cc([B])c1n3-c1nc(-c2cccc(-c3ccccc3)c2)nc(-c2cccc(-c3ccccc3)c2)n1. The van der Waals surface area contributed by atoms with Crippen molar-refractivity contribution in [2.75, 3.05) is 0 Å². The first-order valence-electron chi connectivity index (χ1n) is 19.7. The fourth-order valence-electron chi connectivity index (χ4n) is 8.60. The molecule has 0 bridgehead atoms. The van der Waals surface area contributed by atoms with E-state index in [1.807, 2.05) is 102 Å². The van der Waals surface area contributed by atoms with Crippen molar-refractivity contribution < 1.29 is 0 Å². The van der Waals surface area contributed by atoms with Crippen molar-refractivity contribution in [1.29, 1.82) is 0 Å². The molecule has 0 atom stereocenters. The van der Waals surface area contributed by atoms with E-state index in [4.69, 9.17) is 46.3 Å². The average molecular weight is 755 g/mol. The lowest BCUT2D eigenvalue weighted by Gasteiger charge is -2.13. The highest BCUT2D eigenvalue weighted by Gasteiger charge is 2.23. The Bertz CT molecular complexity index is 3370. The maximum atomic E-state index is 6.97. The zero-order valence-corrected chi connectivity index (χ0v) is 32.3. The van der Waals surface area contributed by atoms with Crippen LogP contribution in [0.4, 0.5) is 0 Å². The van der Waals surface area contributed by atoms with E-state index in [-0.39, 0.29) is 0 Å². The number of benzene rings is 8. The third-order valence-electron chi connectivity index (χ3n) is 11.2. The van der Waals surface area contributed by atoms with Crippen molar-refractivity contribution in [2.24, 2.45) is 0 Å². The summed E-state index contributed by atoms with van der Waals surface area (Å²) in [5.74, 6) is 1.44. The zero-order chi connectivity index (χ0) is 40.5. The molecule has 0 unspecified atom stereocenters. The maximum Gasteiger partial charge on any atom is 0.238 e. The summed E-state index contributed by atoms with van der Waals surface area (Å²) >= 11 is 0. The molecule has 0 saturated carbocycles. The highest BCUT2D eigenvalue weighted by atomic mass is 15.2. The Hall–Kier alpha value is -7.37. The summed E-state index contributed by atoms with van der Waals surface area (Å²) in [5, 5.41) is 3.66. The average Bonchev–Trinajstić information content (AvgIpc) is 3.78. The summed E-state index contributed by atoms with van der Waals surface area (Å²) in [6, 6.07) is 59.3. The Morgan fingerprint density at radius 2 is 0.750 bits per heavy atom. The van der Waals surface area contributed by atoms with E-state index in [9.17, 15) is 0 Å². The second kappa shape index (κ2) is 14.2. The third kappa shape index (κ3) is 5.96. The highest BCUT2D eigenvalue weighted by molar-refractivity contribution is 6.45. The minimum absolute atomic E-state index is 0.409. The van der Waals surface area contributed by atoms with Gasteiger partial charge in [0.05, 0.1) is 11.0 Å². The molecule has 5 nitrogen and oxygen atoms in total. The lowest BCUT2D eigenvalue weighted by molar-refractivity contribution is 0.955. The van der Waals surface area contributed by atoms with Crippen LogP contribution in [-0.4, -0.2) is 55.5 Å². The minimum Gasteiger partial charge on any atom is -0.310 e. The van der Waals surface area contributed by atoms with Gasteiger partial charge in [-0.2, -0.15) is 9.97 Å². The fourth-order valence-corrected chi connectivity index (χ4v) is 8.60. The van der Waals surface area contributed by atoms with Crippen LogP contribution in [0.1, 0.15) is 0 Å². The van der Waals surface area contributed by atoms with Gasteiger partial charge in [0.25, 0.3) is 0 Å². The minimum atomic E-state index is 0.409. The largest absolute Gasteiger partial charge is 0.310 e. The predicted octanol–water partition coefficient (Wildman–Crippen LogP) is 7.91. The van der Waals surface area contributed by atoms with Crippen molar-refractivity contribution in [3.63, 3.8) is 0 Å². The third-order valence-corrected chi connectivity index (χ3v) is 11.2. The number of hydrogen-bond acceptors (Lipinski definition) is 3. The summed E-state index contributed by atoms with van der Waals surface area (Å²) in [6.07, 6.45) is 0. The molecule has 8 radical (unpaired) electrons. The topological polar surface area (TPSA) is 48.5 Å². The number of aromatic nitrogens is 5. The van der Waals surface area contributed by atoms with Crippen molar-refractivity contribution in [2.45, 2.75) is 0 Å². The van der Waals surface area contributed by atoms with E-state index >= 15 is 0 Å². The Morgan fingerprint density at radius 3 is 1.25 bits per heavy atom. The molecule has 8 aromatic carbocycles. The number of fused-ring (bicyclic) bond motifs is 6. The zero-order valence-electron chi connectivity index (χ0n) is 32.3. The molecule has 3 heterocycles. The highest BCUT2D eigenvalue weighted by Crippen LogP contribution is 2.39. The van der Waals surface area contributed by atoms with Crippen molar-refractivity contribution >= 4 is 96.8 Å². The van der Waals surface area contributed by atoms with Crippen LogP contribution in [0.2, 0.25) is 0 Å². The van der Waals surface area contributed by atoms with Crippen LogP contribution in [-0.2, 0) is 0 Å². The van der Waals surface area contributed by atoms with Gasteiger partial charge in [0.2, 0.25) is 5.95 Å². The standard InChI is InChI=1S/C51H29B4N5/c52-36-24-41-39-29-46-40(28-45(39)59(47(41)43(54)26-36)38-20-8-3-9-21-38)42-25-37(53)27-44(55)48(42)60(46)51-57-49(34-18-10-16-32(22-34)30-12-4-1-5-13-30)56-50(58-51)35-19-11-17-33(23-35)31-14-6-2-7-15-31/h1-29H. The molecule has 0 aliphatic carbocycles. The lowest BCUT2D eigenvalue weighted by atomic mass is 9.85. The molecule has 3 aromatic heterocycles. The summed E-state index contributed by atoms with van der Waals surface area (Å²) < 4.78 is 4.23. The Kier molecular flexibility index (Phi) is 8.45. The molecular weight excluding hydrogens is 726 g/mol. The van der Waals surface area contributed by atoms with Crippen LogP contribution >= 0.6 is 0 Å². The smallest absolute Gasteiger partial charge is 0.238 e. The Morgan fingerprint density at radius 1 is 0.333 bits per heavy atom. The summed E-state index contributed by atoms with van der Waals surface area (Å²) in [7, 11) is 26.8. The molecule has 0 aliphatic heterocycles. The lowest BCUT2D eigenvalue weighted by Crippen LogP contribution is -2.17. The van der Waals surface area contributed by atoms with Gasteiger partial charge in [0, 0.05) is 49.4 Å². The van der Waals surface area contributed by atoms with Gasteiger partial charge in [0.15, 0.2) is 11.6 Å². The molecule has 11 aromatic rings. The van der Waals surface area contributed by atoms with Crippen LogP contribution in [0.15, 0.2) is 176 Å². The fraction of sp³-hybridized carbons (Fsp3) is 0. The first-order valence-corrected chi connectivity index (χ1v) is 19.7. The van der Waals surface area contributed by atoms with E-state index in [2.05, 4.69) is 77.4 Å². The first kappa shape index (κ1) is 35.8. The van der Waals surface area contributed by atoms with Crippen molar-refractivity contribution in [3.8, 4) is 56.7 Å². The molecule has 0 amide bonds. The maximum absolute atomic E-state index is 6.97. The second-order valence-corrected chi connectivity index (χ2v) is 15.1. The first-order chi connectivity index (χ1) is 29.4. The van der Waals surface area contributed by atoms with E-state index in [1.165, 1.54) is 0 Å². The molecule has 11 rings (SSSR count). The molecular formula is C51H29B4N5. The van der Waals surface area contributed by atoms with Crippen LogP contribution < -0.4 is 21.9 Å². The number of rotatable bonds is 6. The van der Waals surface area contributed by atoms with Crippen molar-refractivity contribution in [1.82, 2.24) is 24.1 Å². The molecule has 0 fully saturated rings. The van der Waals surface area contributed by atoms with Crippen LogP contribution in [0, 0.1) is 0 Å². The van der Waals surface area contributed by atoms with Gasteiger partial charge in [-0.05, 0) is 58.7 Å². The van der Waals surface area contributed by atoms with E-state index in [0.29, 0.717) is 39.4 Å².